The minimum absolute atomic E-state index is 0.316. The first-order chi connectivity index (χ1) is 11.0. The summed E-state index contributed by atoms with van der Waals surface area (Å²) < 4.78 is 5.07. The standard InChI is InChI=1S/C15H14O3.C3H4O2/c1-18-13-9-5-8-12(10-13)15(17)14(16)11-6-3-2-4-7-11;1-2-3(4)5/h2-10,15,17H,1H3;2H,1H2,(H,4,5). The third-order valence-electron chi connectivity index (χ3n) is 2.89. The number of aliphatic carboxylic acids is 1. The number of Topliss-reactive ketones (excluding diaryl/α,β-unsaturated/α-hetero) is 1. The molecule has 0 bridgehead atoms. The number of hydrogen-bond acceptors (Lipinski definition) is 4. The van der Waals surface area contributed by atoms with Gasteiger partial charge in [-0.15, -0.1) is 0 Å². The molecule has 0 aliphatic carbocycles. The number of ether oxygens (including phenoxy) is 1. The quantitative estimate of drug-likeness (QED) is 0.655. The number of aliphatic hydroxyl groups is 1. The van der Waals surface area contributed by atoms with Gasteiger partial charge in [-0.1, -0.05) is 49.0 Å². The van der Waals surface area contributed by atoms with Crippen LogP contribution >= 0.6 is 0 Å². The van der Waals surface area contributed by atoms with E-state index in [-0.39, 0.29) is 5.78 Å². The van der Waals surface area contributed by atoms with Crippen LogP contribution in [0.2, 0.25) is 0 Å². The Bertz CT molecular complexity index is 664. The molecule has 2 aromatic rings. The van der Waals surface area contributed by atoms with E-state index in [2.05, 4.69) is 6.58 Å². The van der Waals surface area contributed by atoms with Gasteiger partial charge in [-0.25, -0.2) is 4.79 Å². The summed E-state index contributed by atoms with van der Waals surface area (Å²) in [5.74, 6) is -0.679. The molecular formula is C18H18O5. The molecule has 0 radical (unpaired) electrons. The fourth-order valence-electron chi connectivity index (χ4n) is 1.72. The smallest absolute Gasteiger partial charge is 0.327 e. The first-order valence-corrected chi connectivity index (χ1v) is 6.76. The lowest BCUT2D eigenvalue weighted by Gasteiger charge is -2.11. The van der Waals surface area contributed by atoms with Crippen LogP contribution in [-0.4, -0.2) is 29.1 Å². The summed E-state index contributed by atoms with van der Waals surface area (Å²) in [5.41, 5.74) is 1.02. The minimum atomic E-state index is -1.16. The Morgan fingerprint density at radius 1 is 1.13 bits per heavy atom. The number of carboxylic acids is 1. The number of carbonyl (C=O) groups is 2. The summed E-state index contributed by atoms with van der Waals surface area (Å²) in [7, 11) is 1.55. The van der Waals surface area contributed by atoms with Crippen LogP contribution in [0.25, 0.3) is 0 Å². The van der Waals surface area contributed by atoms with Gasteiger partial charge < -0.3 is 14.9 Å². The average molecular weight is 314 g/mol. The normalized spacial score (nSPS) is 10.7. The number of methoxy groups -OCH3 is 1. The molecular weight excluding hydrogens is 296 g/mol. The van der Waals surface area contributed by atoms with Crippen LogP contribution in [0.15, 0.2) is 67.3 Å². The van der Waals surface area contributed by atoms with E-state index < -0.39 is 12.1 Å². The van der Waals surface area contributed by atoms with Crippen molar-refractivity contribution in [3.05, 3.63) is 78.4 Å². The van der Waals surface area contributed by atoms with Crippen molar-refractivity contribution in [2.24, 2.45) is 0 Å². The number of carbonyl (C=O) groups excluding carboxylic acids is 1. The van der Waals surface area contributed by atoms with Crippen molar-refractivity contribution in [1.82, 2.24) is 0 Å². The molecule has 0 aromatic heterocycles. The van der Waals surface area contributed by atoms with Gasteiger partial charge in [0.15, 0.2) is 5.78 Å². The maximum atomic E-state index is 12.1. The fraction of sp³-hybridized carbons (Fsp3) is 0.111. The van der Waals surface area contributed by atoms with E-state index in [9.17, 15) is 14.7 Å². The third-order valence-corrected chi connectivity index (χ3v) is 2.89. The number of benzene rings is 2. The molecule has 0 aliphatic heterocycles. The topological polar surface area (TPSA) is 83.8 Å². The molecule has 2 rings (SSSR count). The van der Waals surface area contributed by atoms with Gasteiger partial charge in [-0.05, 0) is 17.7 Å². The van der Waals surface area contributed by atoms with Crippen LogP contribution in [0.3, 0.4) is 0 Å². The molecule has 1 unspecified atom stereocenters. The second-order valence-corrected chi connectivity index (χ2v) is 4.45. The zero-order chi connectivity index (χ0) is 17.2. The van der Waals surface area contributed by atoms with Crippen molar-refractivity contribution in [2.75, 3.05) is 7.11 Å². The van der Waals surface area contributed by atoms with Crippen molar-refractivity contribution in [3.63, 3.8) is 0 Å². The second-order valence-electron chi connectivity index (χ2n) is 4.45. The maximum Gasteiger partial charge on any atom is 0.327 e. The first-order valence-electron chi connectivity index (χ1n) is 6.76. The van der Waals surface area contributed by atoms with Crippen molar-refractivity contribution in [2.45, 2.75) is 6.10 Å². The molecule has 1 atom stereocenters. The molecule has 5 heteroatoms. The number of ketones is 1. The molecule has 5 nitrogen and oxygen atoms in total. The van der Waals surface area contributed by atoms with Gasteiger partial charge in [0.25, 0.3) is 0 Å². The Morgan fingerprint density at radius 3 is 2.26 bits per heavy atom. The Balaban J connectivity index is 0.000000463. The van der Waals surface area contributed by atoms with Crippen LogP contribution in [0, 0.1) is 0 Å². The van der Waals surface area contributed by atoms with E-state index in [1.54, 1.807) is 55.6 Å². The van der Waals surface area contributed by atoms with E-state index in [1.165, 1.54) is 0 Å². The van der Waals surface area contributed by atoms with Gasteiger partial charge >= 0.3 is 5.97 Å². The molecule has 0 aliphatic rings. The van der Waals surface area contributed by atoms with Crippen molar-refractivity contribution in [1.29, 1.82) is 0 Å². The Kier molecular flexibility index (Phi) is 7.23. The van der Waals surface area contributed by atoms with E-state index >= 15 is 0 Å². The number of rotatable bonds is 5. The van der Waals surface area contributed by atoms with Crippen molar-refractivity contribution in [3.8, 4) is 5.75 Å². The number of carboxylic acid groups (broad SMARTS) is 1. The number of aliphatic hydroxyl groups excluding tert-OH is 1. The van der Waals surface area contributed by atoms with Crippen LogP contribution < -0.4 is 4.74 Å². The molecule has 0 spiro atoms. The van der Waals surface area contributed by atoms with Crippen LogP contribution in [-0.2, 0) is 4.79 Å². The Labute approximate surface area is 134 Å². The Morgan fingerprint density at radius 2 is 1.74 bits per heavy atom. The summed E-state index contributed by atoms with van der Waals surface area (Å²) in [4.78, 5) is 21.3. The molecule has 23 heavy (non-hydrogen) atoms. The van der Waals surface area contributed by atoms with E-state index in [1.807, 2.05) is 6.07 Å². The lowest BCUT2D eigenvalue weighted by atomic mass is 10.00. The van der Waals surface area contributed by atoms with E-state index in [4.69, 9.17) is 9.84 Å². The molecule has 0 saturated heterocycles. The molecule has 2 aromatic carbocycles. The second kappa shape index (κ2) is 9.17. The van der Waals surface area contributed by atoms with Gasteiger partial charge in [0, 0.05) is 11.6 Å². The molecule has 120 valence electrons. The predicted molar refractivity (Wildman–Crippen MR) is 86.6 cm³/mol. The lowest BCUT2D eigenvalue weighted by Crippen LogP contribution is -2.12. The highest BCUT2D eigenvalue weighted by atomic mass is 16.5. The fourth-order valence-corrected chi connectivity index (χ4v) is 1.72. The Hall–Kier alpha value is -2.92. The van der Waals surface area contributed by atoms with Gasteiger partial charge in [0.05, 0.1) is 7.11 Å². The first kappa shape index (κ1) is 18.1. The molecule has 2 N–H and O–H groups in total. The summed E-state index contributed by atoms with van der Waals surface area (Å²) in [6.45, 7) is 2.96. The molecule has 0 saturated carbocycles. The number of hydrogen-bond donors (Lipinski definition) is 2. The molecule has 0 heterocycles. The van der Waals surface area contributed by atoms with E-state index in [0.29, 0.717) is 16.9 Å². The monoisotopic (exact) mass is 314 g/mol. The molecule has 0 amide bonds. The average Bonchev–Trinajstić information content (AvgIpc) is 2.61. The van der Waals surface area contributed by atoms with Crippen LogP contribution in [0.1, 0.15) is 22.0 Å². The van der Waals surface area contributed by atoms with Crippen LogP contribution in [0.5, 0.6) is 5.75 Å². The predicted octanol–water partition coefficient (Wildman–Crippen LogP) is 2.87. The summed E-state index contributed by atoms with van der Waals surface area (Å²) in [6, 6.07) is 15.6. The van der Waals surface area contributed by atoms with Crippen molar-refractivity contribution >= 4 is 11.8 Å². The summed E-state index contributed by atoms with van der Waals surface area (Å²) in [6.07, 6.45) is -0.331. The SMILES string of the molecule is C=CC(=O)O.COc1cccc(C(O)C(=O)c2ccccc2)c1. The van der Waals surface area contributed by atoms with Gasteiger partial charge in [0.1, 0.15) is 11.9 Å². The van der Waals surface area contributed by atoms with Crippen LogP contribution in [0.4, 0.5) is 0 Å². The lowest BCUT2D eigenvalue weighted by molar-refractivity contribution is -0.131. The third kappa shape index (κ3) is 5.76. The maximum absolute atomic E-state index is 12.1. The highest BCUT2D eigenvalue weighted by molar-refractivity contribution is 5.99. The summed E-state index contributed by atoms with van der Waals surface area (Å²) >= 11 is 0. The van der Waals surface area contributed by atoms with E-state index in [0.717, 1.165) is 6.08 Å². The summed E-state index contributed by atoms with van der Waals surface area (Å²) in [5, 5.41) is 17.7. The highest BCUT2D eigenvalue weighted by Gasteiger charge is 2.19. The zero-order valence-electron chi connectivity index (χ0n) is 12.7. The zero-order valence-corrected chi connectivity index (χ0v) is 12.7. The van der Waals surface area contributed by atoms with Gasteiger partial charge in [-0.3, -0.25) is 4.79 Å². The van der Waals surface area contributed by atoms with Gasteiger partial charge in [0.2, 0.25) is 0 Å². The largest absolute Gasteiger partial charge is 0.497 e. The van der Waals surface area contributed by atoms with Crippen molar-refractivity contribution < 1.29 is 24.5 Å². The highest BCUT2D eigenvalue weighted by Crippen LogP contribution is 2.22. The minimum Gasteiger partial charge on any atom is -0.497 e. The van der Waals surface area contributed by atoms with Gasteiger partial charge in [-0.2, -0.15) is 0 Å². The molecule has 0 fully saturated rings.